The van der Waals surface area contributed by atoms with Gasteiger partial charge in [-0.1, -0.05) is 45.6 Å². The molecule has 0 spiro atoms. The van der Waals surface area contributed by atoms with Crippen molar-refractivity contribution in [2.24, 2.45) is 0 Å². The summed E-state index contributed by atoms with van der Waals surface area (Å²) < 4.78 is 0. The van der Waals surface area contributed by atoms with Crippen LogP contribution in [0.3, 0.4) is 0 Å². The second-order valence-electron chi connectivity index (χ2n) is 2.92. The van der Waals surface area contributed by atoms with Crippen molar-refractivity contribution >= 4 is 0 Å². The normalized spacial score (nSPS) is 15.9. The van der Waals surface area contributed by atoms with Gasteiger partial charge in [-0.25, -0.2) is 0 Å². The molecule has 0 heteroatoms. The molecule has 0 saturated heterocycles. The van der Waals surface area contributed by atoms with E-state index in [1.165, 1.54) is 30.4 Å². The summed E-state index contributed by atoms with van der Waals surface area (Å²) >= 11 is 0. The van der Waals surface area contributed by atoms with Crippen molar-refractivity contribution in [2.75, 3.05) is 0 Å². The van der Waals surface area contributed by atoms with E-state index < -0.39 is 0 Å². The van der Waals surface area contributed by atoms with Gasteiger partial charge < -0.3 is 0 Å². The van der Waals surface area contributed by atoms with Gasteiger partial charge in [0.2, 0.25) is 0 Å². The van der Waals surface area contributed by atoms with E-state index in [-0.39, 0.29) is 0 Å². The summed E-state index contributed by atoms with van der Waals surface area (Å²) in [7, 11) is 0. The van der Waals surface area contributed by atoms with Gasteiger partial charge in [-0.15, -0.1) is 0 Å². The molecule has 0 aromatic rings. The van der Waals surface area contributed by atoms with Crippen LogP contribution >= 0.6 is 0 Å². The van der Waals surface area contributed by atoms with E-state index in [0.717, 1.165) is 6.42 Å². The fraction of sp³-hybridized carbons (Fsp3) is 0.538. The van der Waals surface area contributed by atoms with Gasteiger partial charge >= 0.3 is 0 Å². The molecule has 0 atom stereocenters. The highest BCUT2D eigenvalue weighted by Crippen LogP contribution is 2.27. The van der Waals surface area contributed by atoms with Crippen molar-refractivity contribution in [3.05, 3.63) is 36.0 Å². The Balaban J connectivity index is 0.000000671. The Morgan fingerprint density at radius 1 is 1.23 bits per heavy atom. The second-order valence-corrected chi connectivity index (χ2v) is 2.92. The highest BCUT2D eigenvalue weighted by molar-refractivity contribution is 5.35. The largest absolute Gasteiger partial charge is 0.0988 e. The first-order chi connectivity index (χ1) is 6.38. The van der Waals surface area contributed by atoms with Crippen LogP contribution in [0.2, 0.25) is 0 Å². The maximum Gasteiger partial charge on any atom is -0.0273 e. The molecule has 1 aliphatic carbocycles. The van der Waals surface area contributed by atoms with E-state index in [0.29, 0.717) is 0 Å². The van der Waals surface area contributed by atoms with Gasteiger partial charge in [0.1, 0.15) is 0 Å². The molecule has 0 N–H and O–H groups in total. The van der Waals surface area contributed by atoms with Crippen molar-refractivity contribution in [3.8, 4) is 0 Å². The topological polar surface area (TPSA) is 0 Å². The quantitative estimate of drug-likeness (QED) is 0.590. The lowest BCUT2D eigenvalue weighted by Gasteiger charge is -1.94. The summed E-state index contributed by atoms with van der Waals surface area (Å²) in [4.78, 5) is 0. The lowest BCUT2D eigenvalue weighted by atomic mass is 10.1. The van der Waals surface area contributed by atoms with Crippen molar-refractivity contribution in [1.82, 2.24) is 0 Å². The average Bonchev–Trinajstić information content (AvgIpc) is 2.65. The van der Waals surface area contributed by atoms with Crippen LogP contribution in [0.1, 0.15) is 46.5 Å². The zero-order valence-electron chi connectivity index (χ0n) is 9.27. The van der Waals surface area contributed by atoms with E-state index in [1.807, 2.05) is 19.9 Å². The van der Waals surface area contributed by atoms with Crippen LogP contribution < -0.4 is 0 Å². The molecule has 13 heavy (non-hydrogen) atoms. The summed E-state index contributed by atoms with van der Waals surface area (Å²) in [5.41, 5.74) is 2.96. The standard InChI is InChI=1S/C11H16.C2H6/c1-3-5-7-11-9-6-8-10(11)4-2;1-2/h4-5,7H,2-3,6,8-9H2,1H3;1-2H3/b7-5-;. The molecular weight excluding hydrogens is 156 g/mol. The Bertz CT molecular complexity index is 194. The van der Waals surface area contributed by atoms with Crippen LogP contribution in [-0.4, -0.2) is 0 Å². The van der Waals surface area contributed by atoms with Crippen molar-refractivity contribution in [3.63, 3.8) is 0 Å². The fourth-order valence-electron chi connectivity index (χ4n) is 1.47. The van der Waals surface area contributed by atoms with Gasteiger partial charge in [0, 0.05) is 0 Å². The van der Waals surface area contributed by atoms with Crippen molar-refractivity contribution in [1.29, 1.82) is 0 Å². The summed E-state index contributed by atoms with van der Waals surface area (Å²) in [6.45, 7) is 9.98. The molecule has 0 fully saturated rings. The average molecular weight is 178 g/mol. The van der Waals surface area contributed by atoms with Gasteiger partial charge in [-0.3, -0.25) is 0 Å². The monoisotopic (exact) mass is 178 g/mol. The third kappa shape index (κ3) is 4.12. The maximum absolute atomic E-state index is 3.81. The minimum atomic E-state index is 1.13. The number of rotatable bonds is 3. The van der Waals surface area contributed by atoms with E-state index in [4.69, 9.17) is 0 Å². The predicted molar refractivity (Wildman–Crippen MR) is 61.9 cm³/mol. The summed E-state index contributed by atoms with van der Waals surface area (Å²) in [5, 5.41) is 0. The maximum atomic E-state index is 3.81. The molecule has 0 radical (unpaired) electrons. The van der Waals surface area contributed by atoms with Crippen LogP contribution in [-0.2, 0) is 0 Å². The molecule has 0 amide bonds. The Kier molecular flexibility index (Phi) is 7.38. The zero-order valence-corrected chi connectivity index (χ0v) is 9.27. The molecule has 0 aliphatic heterocycles. The third-order valence-corrected chi connectivity index (χ3v) is 2.11. The van der Waals surface area contributed by atoms with E-state index in [9.17, 15) is 0 Å². The smallest absolute Gasteiger partial charge is 0.0273 e. The summed E-state index contributed by atoms with van der Waals surface area (Å²) in [5.74, 6) is 0. The third-order valence-electron chi connectivity index (χ3n) is 2.11. The van der Waals surface area contributed by atoms with Crippen LogP contribution in [0.25, 0.3) is 0 Å². The molecule has 0 heterocycles. The van der Waals surface area contributed by atoms with Crippen molar-refractivity contribution < 1.29 is 0 Å². The molecule has 0 bridgehead atoms. The molecule has 0 aromatic heterocycles. The fourth-order valence-corrected chi connectivity index (χ4v) is 1.47. The van der Waals surface area contributed by atoms with Gasteiger partial charge in [0.05, 0.1) is 0 Å². The summed E-state index contributed by atoms with van der Waals surface area (Å²) in [6, 6.07) is 0. The molecule has 0 saturated carbocycles. The van der Waals surface area contributed by atoms with Gasteiger partial charge in [-0.2, -0.15) is 0 Å². The van der Waals surface area contributed by atoms with Crippen LogP contribution in [0.4, 0.5) is 0 Å². The first kappa shape index (κ1) is 12.2. The second kappa shape index (κ2) is 7.85. The minimum Gasteiger partial charge on any atom is -0.0988 e. The minimum absolute atomic E-state index is 1.13. The molecule has 1 aliphatic rings. The predicted octanol–water partition coefficient (Wildman–Crippen LogP) is 4.65. The highest BCUT2D eigenvalue weighted by Gasteiger charge is 2.07. The van der Waals surface area contributed by atoms with Crippen LogP contribution in [0.5, 0.6) is 0 Å². The molecule has 0 nitrogen and oxygen atoms in total. The number of allylic oxidation sites excluding steroid dienone is 5. The van der Waals surface area contributed by atoms with E-state index >= 15 is 0 Å². The van der Waals surface area contributed by atoms with Crippen molar-refractivity contribution in [2.45, 2.75) is 46.5 Å². The lowest BCUT2D eigenvalue weighted by Crippen LogP contribution is -1.74. The highest BCUT2D eigenvalue weighted by atomic mass is 14.1. The lowest BCUT2D eigenvalue weighted by molar-refractivity contribution is 0.906. The number of hydrogen-bond acceptors (Lipinski definition) is 0. The Labute approximate surface area is 83.0 Å². The van der Waals surface area contributed by atoms with Gasteiger partial charge in [-0.05, 0) is 36.8 Å². The van der Waals surface area contributed by atoms with Gasteiger partial charge in [0.15, 0.2) is 0 Å². The Hall–Kier alpha value is -0.780. The zero-order chi connectivity index (χ0) is 10.1. The first-order valence-electron chi connectivity index (χ1n) is 5.39. The number of hydrogen-bond donors (Lipinski definition) is 0. The SMILES string of the molecule is C=CC1=C(/C=C\CC)CCC1.CC. The van der Waals surface area contributed by atoms with Crippen LogP contribution in [0, 0.1) is 0 Å². The van der Waals surface area contributed by atoms with E-state index in [2.05, 4.69) is 25.7 Å². The molecule has 1 rings (SSSR count). The molecular formula is C13H22. The summed E-state index contributed by atoms with van der Waals surface area (Å²) in [6.07, 6.45) is 11.4. The first-order valence-corrected chi connectivity index (χ1v) is 5.39. The Morgan fingerprint density at radius 3 is 2.38 bits per heavy atom. The molecule has 0 unspecified atom stereocenters. The Morgan fingerprint density at radius 2 is 1.85 bits per heavy atom. The van der Waals surface area contributed by atoms with Crippen LogP contribution in [0.15, 0.2) is 36.0 Å². The molecule has 0 aromatic carbocycles. The van der Waals surface area contributed by atoms with Gasteiger partial charge in [0.25, 0.3) is 0 Å². The molecule has 74 valence electrons. The van der Waals surface area contributed by atoms with E-state index in [1.54, 1.807) is 0 Å².